The van der Waals surface area contributed by atoms with Crippen LogP contribution in [-0.4, -0.2) is 18.1 Å². The summed E-state index contributed by atoms with van der Waals surface area (Å²) in [6, 6.07) is -0.0660. The number of amides is 2. The smallest absolute Gasteiger partial charge is 0.315 e. The molecule has 0 atom stereocenters. The third-order valence-corrected chi connectivity index (χ3v) is 2.31. The van der Waals surface area contributed by atoms with Gasteiger partial charge in [0.2, 0.25) is 0 Å². The van der Waals surface area contributed by atoms with Crippen molar-refractivity contribution in [2.24, 2.45) is 0 Å². The number of carbonyl (C=O) groups excluding carboxylic acids is 1. The molecule has 0 radical (unpaired) electrons. The summed E-state index contributed by atoms with van der Waals surface area (Å²) in [7, 11) is 0. The molecule has 2 amide bonds. The fourth-order valence-corrected chi connectivity index (χ4v) is 0.906. The van der Waals surface area contributed by atoms with E-state index >= 15 is 0 Å². The second-order valence-electron chi connectivity index (χ2n) is 3.25. The van der Waals surface area contributed by atoms with E-state index in [1.807, 2.05) is 6.92 Å². The van der Waals surface area contributed by atoms with Gasteiger partial charge < -0.3 is 10.6 Å². The number of hydrogen-bond donors (Lipinski definition) is 2. The van der Waals surface area contributed by atoms with Gasteiger partial charge in [0.1, 0.15) is 0 Å². The molecule has 72 valence electrons. The molecule has 0 aliphatic rings. The lowest BCUT2D eigenvalue weighted by molar-refractivity contribution is 0.225. The van der Waals surface area contributed by atoms with Gasteiger partial charge in [0.15, 0.2) is 0 Å². The van der Waals surface area contributed by atoms with E-state index in [1.54, 1.807) is 0 Å². The zero-order valence-corrected chi connectivity index (χ0v) is 8.53. The lowest BCUT2D eigenvalue weighted by atomic mass is 9.96. The molecule has 0 saturated carbocycles. The van der Waals surface area contributed by atoms with Gasteiger partial charge in [-0.3, -0.25) is 0 Å². The first-order valence-electron chi connectivity index (χ1n) is 4.64. The molecule has 0 aliphatic carbocycles. The molecule has 0 rings (SSSR count). The van der Waals surface area contributed by atoms with E-state index in [-0.39, 0.29) is 11.6 Å². The Bertz CT molecular complexity index is 141. The van der Waals surface area contributed by atoms with Crippen LogP contribution in [0.5, 0.6) is 0 Å². The summed E-state index contributed by atoms with van der Waals surface area (Å²) in [5.74, 6) is 0. The van der Waals surface area contributed by atoms with Gasteiger partial charge in [-0.05, 0) is 26.7 Å². The molecule has 0 aromatic heterocycles. The van der Waals surface area contributed by atoms with Crippen molar-refractivity contribution in [2.75, 3.05) is 6.54 Å². The van der Waals surface area contributed by atoms with Crippen molar-refractivity contribution >= 4 is 6.03 Å². The largest absolute Gasteiger partial charge is 0.338 e. The van der Waals surface area contributed by atoms with E-state index in [4.69, 9.17) is 0 Å². The first-order chi connectivity index (χ1) is 5.58. The third-order valence-electron chi connectivity index (χ3n) is 2.31. The van der Waals surface area contributed by atoms with Gasteiger partial charge in [-0.2, -0.15) is 0 Å². The maximum atomic E-state index is 11.2. The van der Waals surface area contributed by atoms with E-state index in [0.29, 0.717) is 6.54 Å². The first kappa shape index (κ1) is 11.3. The number of hydrogen-bond acceptors (Lipinski definition) is 1. The van der Waals surface area contributed by atoms with E-state index in [2.05, 4.69) is 31.4 Å². The maximum absolute atomic E-state index is 11.2. The molecular formula is C9H20N2O. The monoisotopic (exact) mass is 172 g/mol. The molecule has 2 N–H and O–H groups in total. The van der Waals surface area contributed by atoms with E-state index in [0.717, 1.165) is 12.8 Å². The predicted molar refractivity (Wildman–Crippen MR) is 51.2 cm³/mol. The van der Waals surface area contributed by atoms with Crippen molar-refractivity contribution in [1.82, 2.24) is 10.6 Å². The highest BCUT2D eigenvalue weighted by Gasteiger charge is 2.20. The van der Waals surface area contributed by atoms with Crippen LogP contribution >= 0.6 is 0 Å². The summed E-state index contributed by atoms with van der Waals surface area (Å²) in [4.78, 5) is 11.2. The summed E-state index contributed by atoms with van der Waals surface area (Å²) >= 11 is 0. The summed E-state index contributed by atoms with van der Waals surface area (Å²) in [6.07, 6.45) is 1.92. The number of urea groups is 1. The SMILES string of the molecule is CCNC(=O)NC(C)(CC)CC. The van der Waals surface area contributed by atoms with E-state index < -0.39 is 0 Å². The van der Waals surface area contributed by atoms with Gasteiger partial charge in [0, 0.05) is 12.1 Å². The molecule has 0 saturated heterocycles. The van der Waals surface area contributed by atoms with Crippen molar-refractivity contribution in [1.29, 1.82) is 0 Å². The molecule has 0 heterocycles. The normalized spacial score (nSPS) is 11.0. The molecule has 0 unspecified atom stereocenters. The van der Waals surface area contributed by atoms with Crippen LogP contribution in [0.1, 0.15) is 40.5 Å². The Morgan fingerprint density at radius 1 is 1.25 bits per heavy atom. The fraction of sp³-hybridized carbons (Fsp3) is 0.889. The van der Waals surface area contributed by atoms with Crippen LogP contribution < -0.4 is 10.6 Å². The summed E-state index contributed by atoms with van der Waals surface area (Å²) < 4.78 is 0. The highest BCUT2D eigenvalue weighted by Crippen LogP contribution is 2.12. The topological polar surface area (TPSA) is 41.1 Å². The predicted octanol–water partition coefficient (Wildman–Crippen LogP) is 1.88. The van der Waals surface area contributed by atoms with Crippen molar-refractivity contribution in [2.45, 2.75) is 46.1 Å². The van der Waals surface area contributed by atoms with Crippen molar-refractivity contribution < 1.29 is 4.79 Å². The average Bonchev–Trinajstić information content (AvgIpc) is 2.05. The summed E-state index contributed by atoms with van der Waals surface area (Å²) in [5.41, 5.74) is -0.0563. The minimum absolute atomic E-state index is 0.0563. The van der Waals surface area contributed by atoms with Gasteiger partial charge in [-0.15, -0.1) is 0 Å². The minimum Gasteiger partial charge on any atom is -0.338 e. The molecule has 0 aromatic carbocycles. The maximum Gasteiger partial charge on any atom is 0.315 e. The van der Waals surface area contributed by atoms with Crippen LogP contribution in [0.4, 0.5) is 4.79 Å². The number of rotatable bonds is 4. The number of nitrogens with one attached hydrogen (secondary N) is 2. The second kappa shape index (κ2) is 5.01. The summed E-state index contributed by atoms with van der Waals surface area (Å²) in [5, 5.41) is 5.66. The van der Waals surface area contributed by atoms with E-state index in [1.165, 1.54) is 0 Å². The molecule has 3 heteroatoms. The Morgan fingerprint density at radius 2 is 1.75 bits per heavy atom. The lowest BCUT2D eigenvalue weighted by Crippen LogP contribution is -2.49. The molecule has 0 bridgehead atoms. The van der Waals surface area contributed by atoms with Crippen LogP contribution in [0.15, 0.2) is 0 Å². The average molecular weight is 172 g/mol. The van der Waals surface area contributed by atoms with Crippen LogP contribution in [0.25, 0.3) is 0 Å². The fourth-order valence-electron chi connectivity index (χ4n) is 0.906. The highest BCUT2D eigenvalue weighted by atomic mass is 16.2. The third kappa shape index (κ3) is 3.60. The Labute approximate surface area is 74.9 Å². The minimum atomic E-state index is -0.0660. The van der Waals surface area contributed by atoms with Gasteiger partial charge in [0.25, 0.3) is 0 Å². The lowest BCUT2D eigenvalue weighted by Gasteiger charge is -2.28. The first-order valence-corrected chi connectivity index (χ1v) is 4.64. The second-order valence-corrected chi connectivity index (χ2v) is 3.25. The molecule has 0 aromatic rings. The molecule has 12 heavy (non-hydrogen) atoms. The van der Waals surface area contributed by atoms with Gasteiger partial charge in [-0.1, -0.05) is 13.8 Å². The molecule has 0 aliphatic heterocycles. The molecule has 0 spiro atoms. The Kier molecular flexibility index (Phi) is 4.71. The Morgan fingerprint density at radius 3 is 2.08 bits per heavy atom. The Balaban J connectivity index is 3.93. The highest BCUT2D eigenvalue weighted by molar-refractivity contribution is 5.74. The van der Waals surface area contributed by atoms with Crippen molar-refractivity contribution in [3.05, 3.63) is 0 Å². The van der Waals surface area contributed by atoms with Crippen LogP contribution in [0.2, 0.25) is 0 Å². The molecule has 3 nitrogen and oxygen atoms in total. The molecular weight excluding hydrogens is 152 g/mol. The summed E-state index contributed by atoms with van der Waals surface area (Å²) in [6.45, 7) is 8.80. The zero-order valence-electron chi connectivity index (χ0n) is 8.53. The van der Waals surface area contributed by atoms with Gasteiger partial charge in [0.05, 0.1) is 0 Å². The van der Waals surface area contributed by atoms with Gasteiger partial charge >= 0.3 is 6.03 Å². The van der Waals surface area contributed by atoms with Crippen LogP contribution in [0.3, 0.4) is 0 Å². The van der Waals surface area contributed by atoms with E-state index in [9.17, 15) is 4.79 Å². The standard InChI is InChI=1S/C9H20N2O/c1-5-9(4,6-2)11-8(12)10-7-3/h5-7H2,1-4H3,(H2,10,11,12). The van der Waals surface area contributed by atoms with Crippen LogP contribution in [-0.2, 0) is 0 Å². The quantitative estimate of drug-likeness (QED) is 0.668. The van der Waals surface area contributed by atoms with Crippen molar-refractivity contribution in [3.8, 4) is 0 Å². The van der Waals surface area contributed by atoms with Crippen LogP contribution in [0, 0.1) is 0 Å². The zero-order chi connectivity index (χ0) is 9.61. The number of carbonyl (C=O) groups is 1. The van der Waals surface area contributed by atoms with Crippen molar-refractivity contribution in [3.63, 3.8) is 0 Å². The van der Waals surface area contributed by atoms with Gasteiger partial charge in [-0.25, -0.2) is 4.79 Å². The molecule has 0 fully saturated rings. The Hall–Kier alpha value is -0.730.